The number of amides is 2. The van der Waals surface area contributed by atoms with Gasteiger partial charge in [0.15, 0.2) is 0 Å². The molecule has 8 heteroatoms. The Balaban J connectivity index is 1.86. The number of carboxylic acids is 1. The first kappa shape index (κ1) is 19.2. The number of carbonyl (C=O) groups excluding carboxylic acids is 3. The molecule has 146 valence electrons. The second-order valence-electron chi connectivity index (χ2n) is 6.73. The number of carboxylic acid groups (broad SMARTS) is 1. The van der Waals surface area contributed by atoms with Crippen molar-refractivity contribution in [3.8, 4) is 5.75 Å². The molecule has 2 saturated heterocycles. The van der Waals surface area contributed by atoms with Crippen LogP contribution in [-0.4, -0.2) is 66.2 Å². The summed E-state index contributed by atoms with van der Waals surface area (Å²) in [6, 6.07) is 5.32. The van der Waals surface area contributed by atoms with Gasteiger partial charge in [-0.2, -0.15) is 0 Å². The van der Waals surface area contributed by atoms with E-state index in [1.54, 1.807) is 36.1 Å². The maximum Gasteiger partial charge on any atom is 0.256 e. The van der Waals surface area contributed by atoms with Crippen molar-refractivity contribution in [2.75, 3.05) is 26.8 Å². The van der Waals surface area contributed by atoms with Gasteiger partial charge in [0.2, 0.25) is 5.91 Å². The lowest BCUT2D eigenvalue weighted by molar-refractivity contribution is -0.310. The van der Waals surface area contributed by atoms with E-state index in [0.717, 1.165) is 0 Å². The second kappa shape index (κ2) is 7.56. The van der Waals surface area contributed by atoms with Gasteiger partial charge in [0.25, 0.3) is 5.91 Å². The van der Waals surface area contributed by atoms with Crippen LogP contribution in [0, 0.1) is 0 Å². The summed E-state index contributed by atoms with van der Waals surface area (Å²) in [6.45, 7) is 2.51. The number of hydrogen-bond donors (Lipinski definition) is 0. The second-order valence-corrected chi connectivity index (χ2v) is 6.73. The Morgan fingerprint density at radius 1 is 1.22 bits per heavy atom. The van der Waals surface area contributed by atoms with Gasteiger partial charge in [-0.3, -0.25) is 14.5 Å². The number of ether oxygens (including phenoxy) is 2. The fourth-order valence-corrected chi connectivity index (χ4v) is 3.75. The highest BCUT2D eigenvalue weighted by molar-refractivity contribution is 5.97. The number of carbonyl (C=O) groups is 3. The van der Waals surface area contributed by atoms with Gasteiger partial charge < -0.3 is 24.3 Å². The molecule has 3 rings (SSSR count). The topological polar surface area (TPSA) is 99.2 Å². The number of benzene rings is 1. The Kier molecular flexibility index (Phi) is 5.36. The van der Waals surface area contributed by atoms with Crippen LogP contribution in [0.5, 0.6) is 5.75 Å². The average molecular weight is 375 g/mol. The fraction of sp³-hybridized carbons (Fsp3) is 0.526. The predicted molar refractivity (Wildman–Crippen MR) is 92.7 cm³/mol. The quantitative estimate of drug-likeness (QED) is 0.735. The van der Waals surface area contributed by atoms with Gasteiger partial charge in [0.1, 0.15) is 11.5 Å². The first-order chi connectivity index (χ1) is 12.9. The molecule has 0 radical (unpaired) electrons. The number of methoxy groups -OCH3 is 1. The van der Waals surface area contributed by atoms with E-state index >= 15 is 0 Å². The highest BCUT2D eigenvalue weighted by Gasteiger charge is 2.52. The van der Waals surface area contributed by atoms with Gasteiger partial charge in [0.05, 0.1) is 25.7 Å². The van der Waals surface area contributed by atoms with Crippen molar-refractivity contribution in [2.24, 2.45) is 0 Å². The predicted octanol–water partition coefficient (Wildman–Crippen LogP) is 0.0148. The van der Waals surface area contributed by atoms with Crippen molar-refractivity contribution in [2.45, 2.75) is 38.0 Å². The summed E-state index contributed by atoms with van der Waals surface area (Å²) in [5.41, 5.74) is -0.689. The molecule has 2 amide bonds. The first-order valence-corrected chi connectivity index (χ1v) is 9.02. The van der Waals surface area contributed by atoms with Crippen LogP contribution < -0.4 is 9.84 Å². The van der Waals surface area contributed by atoms with Crippen molar-refractivity contribution in [1.29, 1.82) is 0 Å². The summed E-state index contributed by atoms with van der Waals surface area (Å²) in [5.74, 6) is -1.14. The number of rotatable bonds is 4. The van der Waals surface area contributed by atoms with Crippen molar-refractivity contribution < 1.29 is 29.0 Å². The van der Waals surface area contributed by atoms with Crippen molar-refractivity contribution in [3.63, 3.8) is 0 Å². The van der Waals surface area contributed by atoms with E-state index in [1.165, 1.54) is 12.0 Å². The lowest BCUT2D eigenvalue weighted by Gasteiger charge is -2.45. The molecule has 2 aliphatic heterocycles. The molecule has 8 nitrogen and oxygen atoms in total. The molecule has 0 aliphatic carbocycles. The summed E-state index contributed by atoms with van der Waals surface area (Å²) >= 11 is 0. The first-order valence-electron chi connectivity index (χ1n) is 9.02. The van der Waals surface area contributed by atoms with Crippen LogP contribution in [0.1, 0.15) is 36.5 Å². The van der Waals surface area contributed by atoms with Crippen LogP contribution in [0.25, 0.3) is 0 Å². The molecule has 1 atom stereocenters. The van der Waals surface area contributed by atoms with Crippen LogP contribution in [0.15, 0.2) is 24.3 Å². The van der Waals surface area contributed by atoms with E-state index in [4.69, 9.17) is 9.47 Å². The number of nitrogens with zero attached hydrogens (tertiary/aromatic N) is 2. The summed E-state index contributed by atoms with van der Waals surface area (Å²) < 4.78 is 10.9. The maximum atomic E-state index is 13.1. The Hall–Kier alpha value is -2.61. The molecule has 2 aliphatic rings. The summed E-state index contributed by atoms with van der Waals surface area (Å²) in [4.78, 5) is 39.7. The van der Waals surface area contributed by atoms with E-state index in [0.29, 0.717) is 43.7 Å². The highest BCUT2D eigenvalue weighted by atomic mass is 16.5. The van der Waals surface area contributed by atoms with Crippen LogP contribution >= 0.6 is 0 Å². The minimum absolute atomic E-state index is 0.0346. The van der Waals surface area contributed by atoms with Gasteiger partial charge in [-0.1, -0.05) is 6.92 Å². The van der Waals surface area contributed by atoms with E-state index in [1.807, 2.05) is 0 Å². The van der Waals surface area contributed by atoms with Gasteiger partial charge in [0, 0.05) is 37.9 Å². The van der Waals surface area contributed by atoms with Gasteiger partial charge in [-0.25, -0.2) is 0 Å². The molecule has 27 heavy (non-hydrogen) atoms. The molecule has 0 bridgehead atoms. The number of likely N-dealkylation sites (tertiary alicyclic amines) is 1. The van der Waals surface area contributed by atoms with E-state index in [-0.39, 0.29) is 12.5 Å². The van der Waals surface area contributed by atoms with Crippen LogP contribution in [0.4, 0.5) is 0 Å². The third-order valence-electron chi connectivity index (χ3n) is 5.29. The Morgan fingerprint density at radius 2 is 1.85 bits per heavy atom. The van der Waals surface area contributed by atoms with Gasteiger partial charge >= 0.3 is 0 Å². The summed E-state index contributed by atoms with van der Waals surface area (Å²) in [5, 5.41) is 11.6. The van der Waals surface area contributed by atoms with E-state index < -0.39 is 23.6 Å². The lowest BCUT2D eigenvalue weighted by atomic mass is 9.96. The standard InChI is InChI=1S/C19H24N2O6/c1-3-16(22)20-10-8-19(9-11-20)21(15(12-27-19)18(24)25)17(23)13-4-6-14(26-2)7-5-13/h4-7,15H,3,8-12H2,1-2H3,(H,24,25)/p-1/t15-/m1/s1. The lowest BCUT2D eigenvalue weighted by Crippen LogP contribution is -2.60. The highest BCUT2D eigenvalue weighted by Crippen LogP contribution is 2.38. The fourth-order valence-electron chi connectivity index (χ4n) is 3.75. The molecule has 0 N–H and O–H groups in total. The van der Waals surface area contributed by atoms with Crippen LogP contribution in [-0.2, 0) is 14.3 Å². The number of hydrogen-bond acceptors (Lipinski definition) is 6. The zero-order valence-electron chi connectivity index (χ0n) is 15.5. The Morgan fingerprint density at radius 3 is 2.37 bits per heavy atom. The molecule has 0 saturated carbocycles. The zero-order chi connectivity index (χ0) is 19.6. The van der Waals surface area contributed by atoms with E-state index in [2.05, 4.69) is 0 Å². The van der Waals surface area contributed by atoms with Gasteiger partial charge in [-0.05, 0) is 24.3 Å². The molecular weight excluding hydrogens is 352 g/mol. The minimum Gasteiger partial charge on any atom is -0.548 e. The molecule has 2 fully saturated rings. The maximum absolute atomic E-state index is 13.1. The molecule has 1 aromatic rings. The molecular formula is C19H23N2O6-. The van der Waals surface area contributed by atoms with Crippen molar-refractivity contribution >= 4 is 17.8 Å². The van der Waals surface area contributed by atoms with Crippen molar-refractivity contribution in [1.82, 2.24) is 9.80 Å². The number of aliphatic carboxylic acids is 1. The average Bonchev–Trinajstić information content (AvgIpc) is 3.06. The Labute approximate surface area is 157 Å². The normalized spacial score (nSPS) is 21.3. The zero-order valence-corrected chi connectivity index (χ0v) is 15.5. The molecule has 1 spiro atoms. The molecule has 0 aromatic heterocycles. The molecule has 0 unspecified atom stereocenters. The van der Waals surface area contributed by atoms with Crippen LogP contribution in [0.2, 0.25) is 0 Å². The third-order valence-corrected chi connectivity index (χ3v) is 5.29. The van der Waals surface area contributed by atoms with E-state index in [9.17, 15) is 19.5 Å². The number of piperidine rings is 1. The van der Waals surface area contributed by atoms with Crippen LogP contribution in [0.3, 0.4) is 0 Å². The monoisotopic (exact) mass is 375 g/mol. The summed E-state index contributed by atoms with van der Waals surface area (Å²) in [7, 11) is 1.53. The summed E-state index contributed by atoms with van der Waals surface area (Å²) in [6.07, 6.45) is 1.14. The minimum atomic E-state index is -1.35. The largest absolute Gasteiger partial charge is 0.548 e. The Bertz CT molecular complexity index is 724. The van der Waals surface area contributed by atoms with Gasteiger partial charge in [-0.15, -0.1) is 0 Å². The molecule has 2 heterocycles. The smallest absolute Gasteiger partial charge is 0.256 e. The molecule has 1 aromatic carbocycles. The SMILES string of the molecule is CCC(=O)N1CCC2(CC1)OC[C@H](C(=O)[O-])N2C(=O)c1ccc(OC)cc1. The van der Waals surface area contributed by atoms with Crippen molar-refractivity contribution in [3.05, 3.63) is 29.8 Å². The third kappa shape index (κ3) is 3.49.